The lowest BCUT2D eigenvalue weighted by atomic mass is 10.2. The van der Waals surface area contributed by atoms with E-state index < -0.39 is 5.97 Å². The topological polar surface area (TPSA) is 64.4 Å². The van der Waals surface area contributed by atoms with Crippen molar-refractivity contribution in [2.75, 3.05) is 18.5 Å². The summed E-state index contributed by atoms with van der Waals surface area (Å²) in [6.45, 7) is 6.98. The zero-order valence-electron chi connectivity index (χ0n) is 9.24. The molecule has 0 saturated heterocycles. The lowest BCUT2D eigenvalue weighted by Crippen LogP contribution is -2.09. The first-order chi connectivity index (χ1) is 7.13. The molecule has 0 atom stereocenters. The molecule has 0 aliphatic carbocycles. The fourth-order valence-electron chi connectivity index (χ4n) is 0.945. The van der Waals surface area contributed by atoms with Crippen molar-refractivity contribution in [2.24, 2.45) is 5.92 Å². The molecule has 5 nitrogen and oxygen atoms in total. The summed E-state index contributed by atoms with van der Waals surface area (Å²) >= 11 is 0. The molecule has 0 fully saturated rings. The maximum atomic E-state index is 11.2. The minimum Gasteiger partial charge on any atom is -0.461 e. The third-order valence-electron chi connectivity index (χ3n) is 1.65. The predicted molar refractivity (Wildman–Crippen MR) is 55.8 cm³/mol. The second kappa shape index (κ2) is 5.38. The number of carbonyl (C=O) groups excluding carboxylic acids is 1. The normalized spacial score (nSPS) is 10.4. The van der Waals surface area contributed by atoms with Crippen LogP contribution in [0, 0.1) is 5.92 Å². The predicted octanol–water partition coefficient (Wildman–Crippen LogP) is 1.92. The molecular weight excluding hydrogens is 196 g/mol. The number of ether oxygens (including phenoxy) is 1. The molecule has 0 saturated carbocycles. The molecule has 1 N–H and O–H groups in total. The van der Waals surface area contributed by atoms with Gasteiger partial charge >= 0.3 is 5.97 Å². The molecule has 0 radical (unpaired) electrons. The van der Waals surface area contributed by atoms with E-state index in [4.69, 9.17) is 9.15 Å². The minimum atomic E-state index is -0.459. The summed E-state index contributed by atoms with van der Waals surface area (Å²) in [5.74, 6) is 0.0294. The van der Waals surface area contributed by atoms with Crippen LogP contribution in [-0.4, -0.2) is 24.1 Å². The van der Waals surface area contributed by atoms with Crippen LogP contribution in [0.3, 0.4) is 0 Å². The summed E-state index contributed by atoms with van der Waals surface area (Å²) < 4.78 is 9.84. The Bertz CT molecular complexity index is 320. The first-order valence-electron chi connectivity index (χ1n) is 5.00. The van der Waals surface area contributed by atoms with Gasteiger partial charge in [0.2, 0.25) is 0 Å². The quantitative estimate of drug-likeness (QED) is 0.755. The van der Waals surface area contributed by atoms with E-state index >= 15 is 0 Å². The van der Waals surface area contributed by atoms with Gasteiger partial charge in [-0.3, -0.25) is 0 Å². The van der Waals surface area contributed by atoms with Gasteiger partial charge in [0.05, 0.1) is 6.61 Å². The molecule has 15 heavy (non-hydrogen) atoms. The number of aromatic nitrogens is 1. The van der Waals surface area contributed by atoms with Crippen molar-refractivity contribution in [3.63, 3.8) is 0 Å². The van der Waals surface area contributed by atoms with E-state index in [0.29, 0.717) is 18.5 Å². The van der Waals surface area contributed by atoms with Gasteiger partial charge in [-0.25, -0.2) is 4.79 Å². The summed E-state index contributed by atoms with van der Waals surface area (Å²) in [6, 6.07) is 0.353. The van der Waals surface area contributed by atoms with Crippen molar-refractivity contribution >= 4 is 12.0 Å². The van der Waals surface area contributed by atoms with Crippen LogP contribution in [0.4, 0.5) is 6.01 Å². The molecule has 1 aromatic rings. The molecule has 1 aromatic heterocycles. The highest BCUT2D eigenvalue weighted by Gasteiger charge is 2.12. The summed E-state index contributed by atoms with van der Waals surface area (Å²) in [5, 5.41) is 2.98. The van der Waals surface area contributed by atoms with E-state index in [2.05, 4.69) is 24.1 Å². The Balaban J connectivity index is 2.52. The number of hydrogen-bond donors (Lipinski definition) is 1. The lowest BCUT2D eigenvalue weighted by molar-refractivity contribution is 0.0519. The second-order valence-corrected chi connectivity index (χ2v) is 3.53. The Morgan fingerprint density at radius 1 is 1.67 bits per heavy atom. The Morgan fingerprint density at radius 3 is 3.00 bits per heavy atom. The number of rotatable bonds is 5. The van der Waals surface area contributed by atoms with Gasteiger partial charge in [0.25, 0.3) is 6.01 Å². The van der Waals surface area contributed by atoms with Gasteiger partial charge in [-0.1, -0.05) is 13.8 Å². The standard InChI is InChI=1S/C10H16N2O3/c1-4-14-9(13)8-6-15-10(12-8)11-5-7(2)3/h6-7H,4-5H2,1-3H3,(H,11,12). The molecule has 0 amide bonds. The van der Waals surface area contributed by atoms with Crippen molar-refractivity contribution in [2.45, 2.75) is 20.8 Å². The van der Waals surface area contributed by atoms with Crippen molar-refractivity contribution in [1.29, 1.82) is 0 Å². The van der Waals surface area contributed by atoms with E-state index in [0.717, 1.165) is 6.54 Å². The molecule has 0 aliphatic heterocycles. The molecule has 1 rings (SSSR count). The number of hydrogen-bond acceptors (Lipinski definition) is 5. The summed E-state index contributed by atoms with van der Waals surface area (Å²) in [5.41, 5.74) is 0.197. The van der Waals surface area contributed by atoms with Gasteiger partial charge in [-0.05, 0) is 12.8 Å². The highest BCUT2D eigenvalue weighted by atomic mass is 16.5. The third-order valence-corrected chi connectivity index (χ3v) is 1.65. The number of anilines is 1. The molecule has 0 bridgehead atoms. The summed E-state index contributed by atoms with van der Waals surface area (Å²) in [7, 11) is 0. The van der Waals surface area contributed by atoms with Gasteiger partial charge in [-0.15, -0.1) is 0 Å². The fraction of sp³-hybridized carbons (Fsp3) is 0.600. The van der Waals surface area contributed by atoms with E-state index in [-0.39, 0.29) is 5.69 Å². The van der Waals surface area contributed by atoms with Gasteiger partial charge in [0.15, 0.2) is 5.69 Å². The van der Waals surface area contributed by atoms with Crippen molar-refractivity contribution in [1.82, 2.24) is 4.98 Å². The molecule has 5 heteroatoms. The highest BCUT2D eigenvalue weighted by Crippen LogP contribution is 2.09. The zero-order valence-corrected chi connectivity index (χ0v) is 9.24. The van der Waals surface area contributed by atoms with Crippen LogP contribution in [0.25, 0.3) is 0 Å². The van der Waals surface area contributed by atoms with Gasteiger partial charge in [0, 0.05) is 6.54 Å². The van der Waals surface area contributed by atoms with Crippen molar-refractivity contribution in [3.8, 4) is 0 Å². The zero-order chi connectivity index (χ0) is 11.3. The Kier molecular flexibility index (Phi) is 4.15. The molecule has 0 aromatic carbocycles. The van der Waals surface area contributed by atoms with E-state index in [9.17, 15) is 4.79 Å². The van der Waals surface area contributed by atoms with Gasteiger partial charge in [-0.2, -0.15) is 4.98 Å². The smallest absolute Gasteiger partial charge is 0.360 e. The van der Waals surface area contributed by atoms with Gasteiger partial charge < -0.3 is 14.5 Å². The fourth-order valence-corrected chi connectivity index (χ4v) is 0.945. The Morgan fingerprint density at radius 2 is 2.40 bits per heavy atom. The average Bonchev–Trinajstić information content (AvgIpc) is 2.63. The Hall–Kier alpha value is -1.52. The molecule has 0 aliphatic rings. The summed E-state index contributed by atoms with van der Waals surface area (Å²) in [6.07, 6.45) is 1.29. The van der Waals surface area contributed by atoms with Crippen LogP contribution in [0.5, 0.6) is 0 Å². The Labute approximate surface area is 88.8 Å². The number of esters is 1. The van der Waals surface area contributed by atoms with Crippen LogP contribution in [0.15, 0.2) is 10.7 Å². The van der Waals surface area contributed by atoms with Crippen LogP contribution < -0.4 is 5.32 Å². The van der Waals surface area contributed by atoms with E-state index in [1.54, 1.807) is 6.92 Å². The monoisotopic (exact) mass is 212 g/mol. The maximum absolute atomic E-state index is 11.2. The van der Waals surface area contributed by atoms with Crippen LogP contribution in [0.2, 0.25) is 0 Å². The van der Waals surface area contributed by atoms with Crippen LogP contribution in [0.1, 0.15) is 31.3 Å². The first kappa shape index (κ1) is 11.6. The maximum Gasteiger partial charge on any atom is 0.360 e. The number of carbonyl (C=O) groups is 1. The summed E-state index contributed by atoms with van der Waals surface area (Å²) in [4.78, 5) is 15.2. The molecule has 1 heterocycles. The molecule has 0 unspecified atom stereocenters. The van der Waals surface area contributed by atoms with E-state index in [1.165, 1.54) is 6.26 Å². The SMILES string of the molecule is CCOC(=O)c1coc(NCC(C)C)n1. The molecular formula is C10H16N2O3. The number of nitrogens with zero attached hydrogens (tertiary/aromatic N) is 1. The lowest BCUT2D eigenvalue weighted by Gasteiger charge is -2.03. The number of nitrogens with one attached hydrogen (secondary N) is 1. The van der Waals surface area contributed by atoms with Crippen molar-refractivity contribution < 1.29 is 13.9 Å². The molecule has 0 spiro atoms. The van der Waals surface area contributed by atoms with Crippen LogP contribution in [-0.2, 0) is 4.74 Å². The number of oxazole rings is 1. The largest absolute Gasteiger partial charge is 0.461 e. The highest BCUT2D eigenvalue weighted by molar-refractivity contribution is 5.87. The minimum absolute atomic E-state index is 0.197. The molecule has 84 valence electrons. The first-order valence-corrected chi connectivity index (χ1v) is 5.00. The van der Waals surface area contributed by atoms with E-state index in [1.807, 2.05) is 0 Å². The van der Waals surface area contributed by atoms with Crippen molar-refractivity contribution in [3.05, 3.63) is 12.0 Å². The average molecular weight is 212 g/mol. The van der Waals surface area contributed by atoms with Crippen LogP contribution >= 0.6 is 0 Å². The van der Waals surface area contributed by atoms with Gasteiger partial charge in [0.1, 0.15) is 6.26 Å². The third kappa shape index (κ3) is 3.61. The second-order valence-electron chi connectivity index (χ2n) is 3.53.